The zero-order chi connectivity index (χ0) is 21.1. The zero-order valence-corrected chi connectivity index (χ0v) is 18.2. The SMILES string of the molecule is CC(C)(O)C#Cc1ccc2[nH]c(=O)c(C3CC=CS3)c(OCC3CCOCC3)c2c1. The molecule has 6 heteroatoms. The quantitative estimate of drug-likeness (QED) is 0.720. The van der Waals surface area contributed by atoms with E-state index in [1.54, 1.807) is 25.6 Å². The molecule has 1 aromatic carbocycles. The molecule has 0 bridgehead atoms. The molecule has 5 nitrogen and oxygen atoms in total. The molecule has 0 spiro atoms. The van der Waals surface area contributed by atoms with Gasteiger partial charge in [-0.2, -0.15) is 0 Å². The van der Waals surface area contributed by atoms with Crippen molar-refractivity contribution in [3.8, 4) is 17.6 Å². The summed E-state index contributed by atoms with van der Waals surface area (Å²) in [6.45, 7) is 5.40. The Labute approximate surface area is 180 Å². The van der Waals surface area contributed by atoms with Crippen molar-refractivity contribution in [3.05, 3.63) is 51.2 Å². The third-order valence-electron chi connectivity index (χ3n) is 5.33. The number of H-pyrrole nitrogens is 1. The predicted molar refractivity (Wildman–Crippen MR) is 121 cm³/mol. The molecule has 2 aliphatic heterocycles. The van der Waals surface area contributed by atoms with Gasteiger partial charge in [0.05, 0.1) is 17.7 Å². The van der Waals surface area contributed by atoms with Crippen LogP contribution in [0.5, 0.6) is 5.75 Å². The number of aromatic nitrogens is 1. The highest BCUT2D eigenvalue weighted by Crippen LogP contribution is 2.43. The summed E-state index contributed by atoms with van der Waals surface area (Å²) in [5, 5.41) is 12.9. The number of pyridine rings is 1. The molecule has 1 unspecified atom stereocenters. The molecular formula is C24H27NO4S. The Balaban J connectivity index is 1.77. The Hall–Kier alpha value is -2.20. The molecule has 1 fully saturated rings. The molecule has 158 valence electrons. The van der Waals surface area contributed by atoms with Crippen LogP contribution in [-0.4, -0.2) is 35.5 Å². The van der Waals surface area contributed by atoms with Crippen molar-refractivity contribution in [1.29, 1.82) is 0 Å². The Morgan fingerprint density at radius 3 is 2.83 bits per heavy atom. The largest absolute Gasteiger partial charge is 0.492 e. The second-order valence-corrected chi connectivity index (χ2v) is 9.48. The van der Waals surface area contributed by atoms with Crippen molar-refractivity contribution in [2.45, 2.75) is 44.0 Å². The van der Waals surface area contributed by atoms with Crippen LogP contribution in [0.1, 0.15) is 49.5 Å². The second kappa shape index (κ2) is 8.89. The van der Waals surface area contributed by atoms with E-state index in [9.17, 15) is 9.90 Å². The smallest absolute Gasteiger partial charge is 0.256 e. The lowest BCUT2D eigenvalue weighted by molar-refractivity contribution is 0.0498. The number of rotatable bonds is 4. The molecule has 3 heterocycles. The van der Waals surface area contributed by atoms with Crippen molar-refractivity contribution in [3.63, 3.8) is 0 Å². The first-order valence-corrected chi connectivity index (χ1v) is 11.3. The summed E-state index contributed by atoms with van der Waals surface area (Å²) in [4.78, 5) is 16.0. The summed E-state index contributed by atoms with van der Waals surface area (Å²) in [6.07, 6.45) is 4.84. The third kappa shape index (κ3) is 4.92. The van der Waals surface area contributed by atoms with Crippen LogP contribution in [0.4, 0.5) is 0 Å². The van der Waals surface area contributed by atoms with Crippen LogP contribution in [-0.2, 0) is 4.74 Å². The number of allylic oxidation sites excluding steroid dienone is 1. The van der Waals surface area contributed by atoms with Gasteiger partial charge in [0.2, 0.25) is 0 Å². The van der Waals surface area contributed by atoms with Crippen molar-refractivity contribution >= 4 is 22.7 Å². The van der Waals surface area contributed by atoms with E-state index in [0.717, 1.165) is 48.9 Å². The number of ether oxygens (including phenoxy) is 2. The number of fused-ring (bicyclic) bond motifs is 1. The van der Waals surface area contributed by atoms with Gasteiger partial charge in [-0.25, -0.2) is 0 Å². The lowest BCUT2D eigenvalue weighted by atomic mass is 10.0. The molecule has 0 saturated carbocycles. The molecule has 2 N–H and O–H groups in total. The molecule has 1 aromatic heterocycles. The number of thioether (sulfide) groups is 1. The van der Waals surface area contributed by atoms with E-state index in [1.165, 1.54) is 0 Å². The van der Waals surface area contributed by atoms with Gasteiger partial charge in [-0.1, -0.05) is 17.9 Å². The fourth-order valence-corrected chi connectivity index (χ4v) is 4.70. The number of nitrogens with one attached hydrogen (secondary N) is 1. The Morgan fingerprint density at radius 1 is 1.33 bits per heavy atom. The molecule has 30 heavy (non-hydrogen) atoms. The minimum absolute atomic E-state index is 0.0500. The fourth-order valence-electron chi connectivity index (χ4n) is 3.72. The molecule has 4 rings (SSSR count). The van der Waals surface area contributed by atoms with Crippen LogP contribution in [0.25, 0.3) is 10.9 Å². The molecule has 0 amide bonds. The predicted octanol–water partition coefficient (Wildman–Crippen LogP) is 4.15. The first kappa shape index (κ1) is 21.0. The van der Waals surface area contributed by atoms with E-state index in [0.29, 0.717) is 23.8 Å². The van der Waals surface area contributed by atoms with Gasteiger partial charge < -0.3 is 19.6 Å². The Kier molecular flexibility index (Phi) is 6.24. The number of aromatic amines is 1. The maximum atomic E-state index is 13.0. The first-order chi connectivity index (χ1) is 14.4. The van der Waals surface area contributed by atoms with Crippen LogP contribution in [0.15, 0.2) is 34.5 Å². The monoisotopic (exact) mass is 425 g/mol. The van der Waals surface area contributed by atoms with Gasteiger partial charge in [0.1, 0.15) is 11.4 Å². The lowest BCUT2D eigenvalue weighted by Crippen LogP contribution is -2.23. The average molecular weight is 426 g/mol. The first-order valence-electron chi connectivity index (χ1n) is 10.4. The highest BCUT2D eigenvalue weighted by molar-refractivity contribution is 8.02. The minimum atomic E-state index is -1.07. The van der Waals surface area contributed by atoms with Crippen LogP contribution >= 0.6 is 11.8 Å². The minimum Gasteiger partial charge on any atom is -0.492 e. The molecule has 2 aromatic rings. The second-order valence-electron chi connectivity index (χ2n) is 8.37. The highest BCUT2D eigenvalue weighted by atomic mass is 32.2. The number of hydrogen-bond donors (Lipinski definition) is 2. The van der Waals surface area contributed by atoms with Crippen LogP contribution in [0.2, 0.25) is 0 Å². The standard InChI is InChI=1S/C24H27NO4S/c1-24(2,27)10-7-16-5-6-19-18(14-16)22(29-15-17-8-11-28-12-9-17)21(23(26)25-19)20-4-3-13-30-20/h3,5-6,13-14,17,20,27H,4,8-9,11-12,15H2,1-2H3,(H,25,26). The normalized spacial score (nSPS) is 19.6. The lowest BCUT2D eigenvalue weighted by Gasteiger charge is -2.24. The van der Waals surface area contributed by atoms with Crippen LogP contribution in [0, 0.1) is 17.8 Å². The molecule has 2 aliphatic rings. The van der Waals surface area contributed by atoms with Gasteiger partial charge in [0.25, 0.3) is 5.56 Å². The van der Waals surface area contributed by atoms with Gasteiger partial charge in [-0.3, -0.25) is 4.79 Å². The Bertz CT molecular complexity index is 1060. The van der Waals surface area contributed by atoms with Crippen molar-refractivity contribution < 1.29 is 14.6 Å². The third-order valence-corrected chi connectivity index (χ3v) is 6.44. The van der Waals surface area contributed by atoms with Gasteiger partial charge in [0.15, 0.2) is 0 Å². The van der Waals surface area contributed by atoms with Crippen LogP contribution in [0.3, 0.4) is 0 Å². The van der Waals surface area contributed by atoms with Crippen molar-refractivity contribution in [2.24, 2.45) is 5.92 Å². The summed E-state index contributed by atoms with van der Waals surface area (Å²) in [5.41, 5.74) is 1.03. The van der Waals surface area contributed by atoms with E-state index in [2.05, 4.69) is 22.9 Å². The van der Waals surface area contributed by atoms with Crippen molar-refractivity contribution in [1.82, 2.24) is 4.98 Å². The van der Waals surface area contributed by atoms with E-state index < -0.39 is 5.60 Å². The van der Waals surface area contributed by atoms with Crippen molar-refractivity contribution in [2.75, 3.05) is 19.8 Å². The Morgan fingerprint density at radius 2 is 2.13 bits per heavy atom. The van der Waals surface area contributed by atoms with E-state index in [4.69, 9.17) is 9.47 Å². The van der Waals surface area contributed by atoms with Gasteiger partial charge in [-0.15, -0.1) is 11.8 Å². The van der Waals surface area contributed by atoms with E-state index >= 15 is 0 Å². The fraction of sp³-hybridized carbons (Fsp3) is 0.458. The topological polar surface area (TPSA) is 71.5 Å². The number of benzene rings is 1. The maximum Gasteiger partial charge on any atom is 0.256 e. The number of aliphatic hydroxyl groups is 1. The highest BCUT2D eigenvalue weighted by Gasteiger charge is 2.25. The molecule has 0 radical (unpaired) electrons. The summed E-state index contributed by atoms with van der Waals surface area (Å²) < 4.78 is 11.8. The summed E-state index contributed by atoms with van der Waals surface area (Å²) in [6, 6.07) is 5.65. The van der Waals surface area contributed by atoms with Gasteiger partial charge >= 0.3 is 0 Å². The number of hydrogen-bond acceptors (Lipinski definition) is 5. The van der Waals surface area contributed by atoms with E-state index in [1.807, 2.05) is 23.6 Å². The average Bonchev–Trinajstić information content (AvgIpc) is 3.24. The van der Waals surface area contributed by atoms with E-state index in [-0.39, 0.29) is 10.8 Å². The zero-order valence-electron chi connectivity index (χ0n) is 17.4. The molecular weight excluding hydrogens is 398 g/mol. The van der Waals surface area contributed by atoms with Gasteiger partial charge in [-0.05, 0) is 62.6 Å². The summed E-state index contributed by atoms with van der Waals surface area (Å²) in [5.74, 6) is 6.97. The summed E-state index contributed by atoms with van der Waals surface area (Å²) >= 11 is 1.65. The molecule has 1 saturated heterocycles. The van der Waals surface area contributed by atoms with Gasteiger partial charge in [0, 0.05) is 29.4 Å². The van der Waals surface area contributed by atoms with Crippen LogP contribution < -0.4 is 10.3 Å². The molecule has 1 atom stereocenters. The maximum absolute atomic E-state index is 13.0. The molecule has 0 aliphatic carbocycles. The summed E-state index contributed by atoms with van der Waals surface area (Å²) in [7, 11) is 0.